The van der Waals surface area contributed by atoms with Crippen LogP contribution in [0.15, 0.2) is 42.6 Å². The Morgan fingerprint density at radius 1 is 1.14 bits per heavy atom. The molecule has 3 rings (SSSR count). The Morgan fingerprint density at radius 2 is 1.86 bits per heavy atom. The summed E-state index contributed by atoms with van der Waals surface area (Å²) >= 11 is 6.08. The van der Waals surface area contributed by atoms with Crippen molar-refractivity contribution in [2.45, 2.75) is 31.1 Å². The number of amides is 2. The normalized spacial score (nSPS) is 20.5. The van der Waals surface area contributed by atoms with Gasteiger partial charge in [0.2, 0.25) is 0 Å². The molecule has 1 aliphatic rings. The standard InChI is InChI=1S/C19H18ClF4N3O/c20-15-3-1-10-25-16(15)18(21)8-2-11-27(12-9-18)17(28)26-14-6-4-13(5-7-14)19(22,23)24/h1,3-7,10H,2,8-9,11-12H2,(H,26,28). The van der Waals surface area contributed by atoms with E-state index in [4.69, 9.17) is 11.6 Å². The monoisotopic (exact) mass is 415 g/mol. The zero-order valence-corrected chi connectivity index (χ0v) is 15.5. The van der Waals surface area contributed by atoms with E-state index in [1.54, 1.807) is 12.1 Å². The molecule has 0 bridgehead atoms. The van der Waals surface area contributed by atoms with E-state index in [1.165, 1.54) is 23.2 Å². The molecule has 1 atom stereocenters. The maximum atomic E-state index is 15.4. The van der Waals surface area contributed by atoms with Crippen LogP contribution in [0, 0.1) is 0 Å². The molecule has 1 N–H and O–H groups in total. The van der Waals surface area contributed by atoms with E-state index in [0.29, 0.717) is 13.0 Å². The van der Waals surface area contributed by atoms with Crippen LogP contribution in [0.1, 0.15) is 30.5 Å². The van der Waals surface area contributed by atoms with Crippen LogP contribution in [0.25, 0.3) is 0 Å². The number of carbonyl (C=O) groups is 1. The summed E-state index contributed by atoms with van der Waals surface area (Å²) in [5.41, 5.74) is -2.13. The van der Waals surface area contributed by atoms with E-state index >= 15 is 4.39 Å². The molecule has 0 radical (unpaired) electrons. The summed E-state index contributed by atoms with van der Waals surface area (Å²) in [6.45, 7) is 0.457. The summed E-state index contributed by atoms with van der Waals surface area (Å²) in [5, 5.41) is 2.80. The number of nitrogens with one attached hydrogen (secondary N) is 1. The Balaban J connectivity index is 1.65. The van der Waals surface area contributed by atoms with Crippen molar-refractivity contribution in [1.82, 2.24) is 9.88 Å². The summed E-state index contributed by atoms with van der Waals surface area (Å²) < 4.78 is 53.3. The Labute approximate surface area is 164 Å². The molecule has 2 aromatic rings. The maximum absolute atomic E-state index is 15.4. The van der Waals surface area contributed by atoms with Crippen molar-refractivity contribution in [2.24, 2.45) is 0 Å². The zero-order valence-electron chi connectivity index (χ0n) is 14.8. The number of carbonyl (C=O) groups excluding carboxylic acids is 1. The molecule has 1 aromatic carbocycles. The molecule has 0 spiro atoms. The number of likely N-dealkylation sites (tertiary alicyclic amines) is 1. The maximum Gasteiger partial charge on any atom is 0.416 e. The number of urea groups is 1. The molecule has 1 aliphatic heterocycles. The average molecular weight is 416 g/mol. The van der Waals surface area contributed by atoms with Crippen molar-refractivity contribution in [2.75, 3.05) is 18.4 Å². The number of nitrogens with zero attached hydrogens (tertiary/aromatic N) is 2. The van der Waals surface area contributed by atoms with Gasteiger partial charge >= 0.3 is 12.2 Å². The zero-order chi connectivity index (χ0) is 20.4. The molecular weight excluding hydrogens is 398 g/mol. The van der Waals surface area contributed by atoms with Gasteiger partial charge in [-0.15, -0.1) is 0 Å². The lowest BCUT2D eigenvalue weighted by Gasteiger charge is -2.24. The summed E-state index contributed by atoms with van der Waals surface area (Å²) in [6.07, 6.45) is -2.35. The highest BCUT2D eigenvalue weighted by Gasteiger charge is 2.38. The van der Waals surface area contributed by atoms with Gasteiger partial charge in [0.1, 0.15) is 0 Å². The molecule has 150 valence electrons. The van der Waals surface area contributed by atoms with E-state index in [2.05, 4.69) is 10.3 Å². The number of anilines is 1. The highest BCUT2D eigenvalue weighted by Crippen LogP contribution is 2.39. The molecule has 1 unspecified atom stereocenters. The molecule has 2 heterocycles. The third kappa shape index (κ3) is 4.55. The molecule has 1 fully saturated rings. The molecule has 9 heteroatoms. The van der Waals surface area contributed by atoms with Crippen molar-refractivity contribution in [1.29, 1.82) is 0 Å². The first-order chi connectivity index (χ1) is 13.2. The minimum absolute atomic E-state index is 0.0319. The number of alkyl halides is 4. The fraction of sp³-hybridized carbons (Fsp3) is 0.368. The van der Waals surface area contributed by atoms with Crippen molar-refractivity contribution in [3.8, 4) is 0 Å². The minimum atomic E-state index is -4.44. The number of halogens is 5. The second-order valence-electron chi connectivity index (χ2n) is 6.65. The lowest BCUT2D eigenvalue weighted by Crippen LogP contribution is -2.36. The highest BCUT2D eigenvalue weighted by molar-refractivity contribution is 6.31. The van der Waals surface area contributed by atoms with Gasteiger partial charge in [-0.25, -0.2) is 9.18 Å². The van der Waals surface area contributed by atoms with Crippen LogP contribution < -0.4 is 5.32 Å². The average Bonchev–Trinajstić information content (AvgIpc) is 2.84. The SMILES string of the molecule is O=C(Nc1ccc(C(F)(F)F)cc1)N1CCCC(F)(c2ncccc2Cl)CC1. The first kappa shape index (κ1) is 20.4. The predicted octanol–water partition coefficient (Wildman–Crippen LogP) is 5.64. The van der Waals surface area contributed by atoms with Gasteiger partial charge in [0, 0.05) is 31.4 Å². The van der Waals surface area contributed by atoms with Crippen molar-refractivity contribution < 1.29 is 22.4 Å². The summed E-state index contributed by atoms with van der Waals surface area (Å²) in [5.74, 6) is 0. The lowest BCUT2D eigenvalue weighted by atomic mass is 9.92. The van der Waals surface area contributed by atoms with E-state index in [9.17, 15) is 18.0 Å². The van der Waals surface area contributed by atoms with Crippen LogP contribution in [0.5, 0.6) is 0 Å². The number of benzene rings is 1. The molecule has 0 aliphatic carbocycles. The molecule has 2 amide bonds. The number of pyridine rings is 1. The molecular formula is C19H18ClF4N3O. The van der Waals surface area contributed by atoms with Crippen LogP contribution in [0.2, 0.25) is 5.02 Å². The minimum Gasteiger partial charge on any atom is -0.324 e. The number of rotatable bonds is 2. The topological polar surface area (TPSA) is 45.2 Å². The summed E-state index contributed by atoms with van der Waals surface area (Å²) in [7, 11) is 0. The van der Waals surface area contributed by atoms with Crippen LogP contribution in [-0.4, -0.2) is 29.0 Å². The Bertz CT molecular complexity index is 844. The quantitative estimate of drug-likeness (QED) is 0.645. The largest absolute Gasteiger partial charge is 0.416 e. The van der Waals surface area contributed by atoms with Crippen molar-refractivity contribution in [3.63, 3.8) is 0 Å². The van der Waals surface area contributed by atoms with Gasteiger partial charge in [0.05, 0.1) is 16.3 Å². The number of hydrogen-bond acceptors (Lipinski definition) is 2. The third-order valence-corrected chi connectivity index (χ3v) is 5.02. The Morgan fingerprint density at radius 3 is 2.50 bits per heavy atom. The Hall–Kier alpha value is -2.35. The van der Waals surface area contributed by atoms with Gasteiger partial charge in [-0.3, -0.25) is 4.98 Å². The fourth-order valence-electron chi connectivity index (χ4n) is 3.20. The Kier molecular flexibility index (Phi) is 5.79. The number of hydrogen-bond donors (Lipinski definition) is 1. The van der Waals surface area contributed by atoms with E-state index in [0.717, 1.165) is 12.1 Å². The van der Waals surface area contributed by atoms with E-state index in [1.807, 2.05) is 0 Å². The van der Waals surface area contributed by atoms with Crippen molar-refractivity contribution in [3.05, 3.63) is 58.9 Å². The van der Waals surface area contributed by atoms with Gasteiger partial charge in [-0.2, -0.15) is 13.2 Å². The first-order valence-corrected chi connectivity index (χ1v) is 9.10. The highest BCUT2D eigenvalue weighted by atomic mass is 35.5. The number of aromatic nitrogens is 1. The fourth-order valence-corrected chi connectivity index (χ4v) is 3.49. The summed E-state index contributed by atoms with van der Waals surface area (Å²) in [6, 6.07) is 6.87. The smallest absolute Gasteiger partial charge is 0.324 e. The second-order valence-corrected chi connectivity index (χ2v) is 7.05. The van der Waals surface area contributed by atoms with Crippen LogP contribution >= 0.6 is 11.6 Å². The van der Waals surface area contributed by atoms with Gasteiger partial charge in [0.15, 0.2) is 5.67 Å². The molecule has 1 aromatic heterocycles. The summed E-state index contributed by atoms with van der Waals surface area (Å²) in [4.78, 5) is 17.9. The first-order valence-electron chi connectivity index (χ1n) is 8.72. The van der Waals surface area contributed by atoms with Gasteiger partial charge in [-0.05, 0) is 49.2 Å². The van der Waals surface area contributed by atoms with Gasteiger partial charge < -0.3 is 10.2 Å². The molecule has 1 saturated heterocycles. The van der Waals surface area contributed by atoms with Gasteiger partial charge in [0.25, 0.3) is 0 Å². The molecule has 0 saturated carbocycles. The lowest BCUT2D eigenvalue weighted by molar-refractivity contribution is -0.137. The third-order valence-electron chi connectivity index (χ3n) is 4.71. The van der Waals surface area contributed by atoms with Crippen LogP contribution in [0.4, 0.5) is 28.0 Å². The predicted molar refractivity (Wildman–Crippen MR) is 97.9 cm³/mol. The van der Waals surface area contributed by atoms with E-state index < -0.39 is 23.4 Å². The molecule has 4 nitrogen and oxygen atoms in total. The van der Waals surface area contributed by atoms with Crippen LogP contribution in [-0.2, 0) is 11.8 Å². The molecule has 28 heavy (non-hydrogen) atoms. The van der Waals surface area contributed by atoms with Crippen molar-refractivity contribution >= 4 is 23.3 Å². The van der Waals surface area contributed by atoms with E-state index in [-0.39, 0.29) is 35.8 Å². The van der Waals surface area contributed by atoms with Gasteiger partial charge in [-0.1, -0.05) is 11.6 Å². The van der Waals surface area contributed by atoms with Crippen LogP contribution in [0.3, 0.4) is 0 Å². The second kappa shape index (κ2) is 7.95.